The van der Waals surface area contributed by atoms with Gasteiger partial charge in [-0.15, -0.1) is 0 Å². The van der Waals surface area contributed by atoms with Crippen molar-refractivity contribution < 1.29 is 9.59 Å². The summed E-state index contributed by atoms with van der Waals surface area (Å²) < 4.78 is 1.97. The second kappa shape index (κ2) is 5.75. The summed E-state index contributed by atoms with van der Waals surface area (Å²) in [7, 11) is 0. The summed E-state index contributed by atoms with van der Waals surface area (Å²) in [4.78, 5) is 25.8. The molecule has 2 amide bonds. The van der Waals surface area contributed by atoms with Crippen molar-refractivity contribution in [2.45, 2.75) is 33.2 Å². The summed E-state index contributed by atoms with van der Waals surface area (Å²) >= 11 is 0. The van der Waals surface area contributed by atoms with Crippen LogP contribution in [-0.2, 0) is 6.54 Å². The van der Waals surface area contributed by atoms with Crippen molar-refractivity contribution in [3.05, 3.63) is 52.8 Å². The fourth-order valence-corrected chi connectivity index (χ4v) is 2.88. The SMILES string of the molecule is Cc1cc(C)n(CCCCN2C(=O)c3ccccc3C2=O)n1. The molecule has 5 nitrogen and oxygen atoms in total. The standard InChI is InChI=1S/C17H19N3O2/c1-12-11-13(2)20(18-12)10-6-5-9-19-16(21)14-7-3-4-8-15(14)17(19)22/h3-4,7-8,11H,5-6,9-10H2,1-2H3. The van der Waals surface area contributed by atoms with E-state index < -0.39 is 0 Å². The number of hydrogen-bond donors (Lipinski definition) is 0. The molecule has 1 aliphatic rings. The van der Waals surface area contributed by atoms with E-state index in [1.807, 2.05) is 24.6 Å². The Morgan fingerprint density at radius 2 is 1.55 bits per heavy atom. The molecule has 0 atom stereocenters. The average Bonchev–Trinajstić information content (AvgIpc) is 2.95. The van der Waals surface area contributed by atoms with Crippen LogP contribution in [0.1, 0.15) is 44.9 Å². The van der Waals surface area contributed by atoms with Crippen molar-refractivity contribution in [3.63, 3.8) is 0 Å². The number of amides is 2. The Kier molecular flexibility index (Phi) is 3.79. The largest absolute Gasteiger partial charge is 0.274 e. The highest BCUT2D eigenvalue weighted by Crippen LogP contribution is 2.22. The molecule has 0 aliphatic carbocycles. The maximum absolute atomic E-state index is 12.2. The second-order valence-corrected chi connectivity index (χ2v) is 5.66. The molecule has 1 aromatic carbocycles. The summed E-state index contributed by atoms with van der Waals surface area (Å²) in [5.74, 6) is -0.349. The van der Waals surface area contributed by atoms with E-state index >= 15 is 0 Å². The summed E-state index contributed by atoms with van der Waals surface area (Å²) in [6.07, 6.45) is 1.67. The van der Waals surface area contributed by atoms with Crippen molar-refractivity contribution in [3.8, 4) is 0 Å². The minimum absolute atomic E-state index is 0.174. The van der Waals surface area contributed by atoms with Crippen LogP contribution in [0.4, 0.5) is 0 Å². The molecule has 0 radical (unpaired) electrons. The monoisotopic (exact) mass is 297 g/mol. The molecule has 1 aliphatic heterocycles. The Hall–Kier alpha value is -2.43. The molecule has 3 rings (SSSR count). The number of hydrogen-bond acceptors (Lipinski definition) is 3. The Balaban J connectivity index is 1.56. The van der Waals surface area contributed by atoms with Crippen molar-refractivity contribution >= 4 is 11.8 Å². The lowest BCUT2D eigenvalue weighted by atomic mass is 10.1. The third-order valence-electron chi connectivity index (χ3n) is 3.98. The predicted octanol–water partition coefficient (Wildman–Crippen LogP) is 2.58. The quantitative estimate of drug-likeness (QED) is 0.629. The number of aryl methyl sites for hydroxylation is 3. The average molecular weight is 297 g/mol. The van der Waals surface area contributed by atoms with Crippen molar-refractivity contribution in [1.82, 2.24) is 14.7 Å². The lowest BCUT2D eigenvalue weighted by Gasteiger charge is -2.13. The van der Waals surface area contributed by atoms with Crippen LogP contribution in [0.3, 0.4) is 0 Å². The zero-order valence-electron chi connectivity index (χ0n) is 12.9. The van der Waals surface area contributed by atoms with Crippen LogP contribution < -0.4 is 0 Å². The molecule has 0 spiro atoms. The zero-order chi connectivity index (χ0) is 15.7. The predicted molar refractivity (Wildman–Crippen MR) is 82.7 cm³/mol. The van der Waals surface area contributed by atoms with Gasteiger partial charge in [0.1, 0.15) is 0 Å². The number of imide groups is 1. The van der Waals surface area contributed by atoms with Gasteiger partial charge in [0, 0.05) is 18.8 Å². The first-order valence-electron chi connectivity index (χ1n) is 7.54. The highest BCUT2D eigenvalue weighted by molar-refractivity contribution is 6.21. The number of aromatic nitrogens is 2. The maximum Gasteiger partial charge on any atom is 0.261 e. The number of rotatable bonds is 5. The Labute approximate surface area is 129 Å². The molecule has 5 heteroatoms. The van der Waals surface area contributed by atoms with Gasteiger partial charge in [-0.3, -0.25) is 19.2 Å². The van der Waals surface area contributed by atoms with Crippen molar-refractivity contribution in [2.75, 3.05) is 6.54 Å². The normalized spacial score (nSPS) is 13.8. The van der Waals surface area contributed by atoms with E-state index in [-0.39, 0.29) is 11.8 Å². The Morgan fingerprint density at radius 3 is 2.09 bits per heavy atom. The molecule has 0 bridgehead atoms. The van der Waals surface area contributed by atoms with Crippen LogP contribution in [0.25, 0.3) is 0 Å². The minimum Gasteiger partial charge on any atom is -0.274 e. The van der Waals surface area contributed by atoms with Gasteiger partial charge in [-0.2, -0.15) is 5.10 Å². The van der Waals surface area contributed by atoms with Crippen LogP contribution in [-0.4, -0.2) is 33.0 Å². The highest BCUT2D eigenvalue weighted by Gasteiger charge is 2.34. The molecule has 0 N–H and O–H groups in total. The van der Waals surface area contributed by atoms with Crippen LogP contribution in [0, 0.1) is 13.8 Å². The topological polar surface area (TPSA) is 55.2 Å². The first-order valence-corrected chi connectivity index (χ1v) is 7.54. The lowest BCUT2D eigenvalue weighted by Crippen LogP contribution is -2.30. The summed E-state index contributed by atoms with van der Waals surface area (Å²) in [5, 5.41) is 4.41. The zero-order valence-corrected chi connectivity index (χ0v) is 12.9. The third-order valence-corrected chi connectivity index (χ3v) is 3.98. The van der Waals surface area contributed by atoms with E-state index in [4.69, 9.17) is 0 Å². The first-order chi connectivity index (χ1) is 10.6. The van der Waals surface area contributed by atoms with Crippen LogP contribution >= 0.6 is 0 Å². The molecule has 0 fully saturated rings. The van der Waals surface area contributed by atoms with Gasteiger partial charge in [-0.05, 0) is 44.9 Å². The van der Waals surface area contributed by atoms with E-state index in [2.05, 4.69) is 5.10 Å². The summed E-state index contributed by atoms with van der Waals surface area (Å²) in [6.45, 7) is 5.28. The molecular weight excluding hydrogens is 278 g/mol. The molecule has 0 saturated carbocycles. The van der Waals surface area contributed by atoms with Crippen LogP contribution in [0.2, 0.25) is 0 Å². The molecule has 0 unspecified atom stereocenters. The first kappa shape index (κ1) is 14.5. The Bertz CT molecular complexity index is 698. The van der Waals surface area contributed by atoms with Gasteiger partial charge in [0.05, 0.1) is 16.8 Å². The number of carbonyl (C=O) groups excluding carboxylic acids is 2. The molecule has 114 valence electrons. The van der Waals surface area contributed by atoms with Gasteiger partial charge in [0.25, 0.3) is 11.8 Å². The molecule has 0 saturated heterocycles. The van der Waals surface area contributed by atoms with E-state index in [9.17, 15) is 9.59 Å². The van der Waals surface area contributed by atoms with Gasteiger partial charge in [-0.1, -0.05) is 12.1 Å². The molecule has 1 aromatic heterocycles. The van der Waals surface area contributed by atoms with Gasteiger partial charge < -0.3 is 0 Å². The number of unbranched alkanes of at least 4 members (excludes halogenated alkanes) is 1. The smallest absolute Gasteiger partial charge is 0.261 e. The molecule has 22 heavy (non-hydrogen) atoms. The van der Waals surface area contributed by atoms with Crippen molar-refractivity contribution in [2.24, 2.45) is 0 Å². The third kappa shape index (κ3) is 2.54. The lowest BCUT2D eigenvalue weighted by molar-refractivity contribution is 0.0651. The van der Waals surface area contributed by atoms with Gasteiger partial charge in [0.15, 0.2) is 0 Å². The fraction of sp³-hybridized carbons (Fsp3) is 0.353. The van der Waals surface area contributed by atoms with Crippen LogP contribution in [0.5, 0.6) is 0 Å². The van der Waals surface area contributed by atoms with E-state index in [0.717, 1.165) is 30.8 Å². The fourth-order valence-electron chi connectivity index (χ4n) is 2.88. The van der Waals surface area contributed by atoms with Gasteiger partial charge in [0.2, 0.25) is 0 Å². The van der Waals surface area contributed by atoms with Crippen LogP contribution in [0.15, 0.2) is 30.3 Å². The highest BCUT2D eigenvalue weighted by atomic mass is 16.2. The van der Waals surface area contributed by atoms with Gasteiger partial charge >= 0.3 is 0 Å². The van der Waals surface area contributed by atoms with E-state index in [0.29, 0.717) is 17.7 Å². The van der Waals surface area contributed by atoms with E-state index in [1.54, 1.807) is 24.3 Å². The molecular formula is C17H19N3O2. The minimum atomic E-state index is -0.174. The number of benzene rings is 1. The van der Waals surface area contributed by atoms with E-state index in [1.165, 1.54) is 4.90 Å². The summed E-state index contributed by atoms with van der Waals surface area (Å²) in [5.41, 5.74) is 3.19. The Morgan fingerprint density at radius 1 is 0.955 bits per heavy atom. The number of nitrogens with zero attached hydrogens (tertiary/aromatic N) is 3. The summed E-state index contributed by atoms with van der Waals surface area (Å²) in [6, 6.07) is 9.05. The number of fused-ring (bicyclic) bond motifs is 1. The molecule has 2 heterocycles. The number of carbonyl (C=O) groups is 2. The molecule has 2 aromatic rings. The second-order valence-electron chi connectivity index (χ2n) is 5.66. The van der Waals surface area contributed by atoms with Crippen molar-refractivity contribution in [1.29, 1.82) is 0 Å². The van der Waals surface area contributed by atoms with Gasteiger partial charge in [-0.25, -0.2) is 0 Å². The maximum atomic E-state index is 12.2.